The van der Waals surface area contributed by atoms with Gasteiger partial charge < -0.3 is 15.8 Å². The lowest BCUT2D eigenvalue weighted by atomic mass is 10.1. The predicted octanol–water partition coefficient (Wildman–Crippen LogP) is 2.41. The number of hydrogen-bond acceptors (Lipinski definition) is 3. The van der Waals surface area contributed by atoms with Gasteiger partial charge in [-0.3, -0.25) is 4.79 Å². The highest BCUT2D eigenvalue weighted by Crippen LogP contribution is 2.10. The quantitative estimate of drug-likeness (QED) is 0.787. The van der Waals surface area contributed by atoms with Gasteiger partial charge in [0.05, 0.1) is 12.6 Å². The summed E-state index contributed by atoms with van der Waals surface area (Å²) in [4.78, 5) is 12.2. The Morgan fingerprint density at radius 2 is 1.74 bits per heavy atom. The number of benzene rings is 2. The number of hydrogen-bond donors (Lipinski definition) is 2. The first-order chi connectivity index (χ1) is 11.2. The van der Waals surface area contributed by atoms with Gasteiger partial charge in [-0.05, 0) is 30.0 Å². The average molecular weight is 312 g/mol. The molecular formula is C19H24N2O2. The summed E-state index contributed by atoms with van der Waals surface area (Å²) in [6.45, 7) is 3.65. The molecule has 0 aliphatic heterocycles. The summed E-state index contributed by atoms with van der Waals surface area (Å²) in [6, 6.07) is 17.2. The second-order valence-electron chi connectivity index (χ2n) is 5.42. The molecule has 122 valence electrons. The molecule has 23 heavy (non-hydrogen) atoms. The molecule has 0 heterocycles. The fraction of sp³-hybridized carbons (Fsp3) is 0.316. The summed E-state index contributed by atoms with van der Waals surface area (Å²) < 4.78 is 5.46. The van der Waals surface area contributed by atoms with E-state index in [2.05, 4.69) is 5.32 Å². The van der Waals surface area contributed by atoms with E-state index >= 15 is 0 Å². The van der Waals surface area contributed by atoms with E-state index in [4.69, 9.17) is 10.5 Å². The van der Waals surface area contributed by atoms with Gasteiger partial charge in [0, 0.05) is 13.2 Å². The van der Waals surface area contributed by atoms with Crippen molar-refractivity contribution in [1.82, 2.24) is 5.32 Å². The molecule has 0 bridgehead atoms. The van der Waals surface area contributed by atoms with Crippen LogP contribution >= 0.6 is 0 Å². The third-order valence-electron chi connectivity index (χ3n) is 3.67. The normalized spacial score (nSPS) is 11.9. The molecule has 0 aromatic heterocycles. The van der Waals surface area contributed by atoms with Crippen LogP contribution in [0, 0.1) is 0 Å². The Kier molecular flexibility index (Phi) is 6.78. The van der Waals surface area contributed by atoms with Gasteiger partial charge in [0.25, 0.3) is 0 Å². The monoisotopic (exact) mass is 312 g/mol. The minimum absolute atomic E-state index is 0.139. The van der Waals surface area contributed by atoms with Crippen LogP contribution in [0.2, 0.25) is 0 Å². The van der Waals surface area contributed by atoms with Gasteiger partial charge in [-0.2, -0.15) is 0 Å². The maximum absolute atomic E-state index is 12.2. The van der Waals surface area contributed by atoms with Crippen molar-refractivity contribution < 1.29 is 9.53 Å². The lowest BCUT2D eigenvalue weighted by Crippen LogP contribution is -2.41. The molecule has 2 aromatic rings. The smallest absolute Gasteiger partial charge is 0.237 e. The molecule has 3 N–H and O–H groups in total. The molecule has 4 heteroatoms. The number of nitrogens with one attached hydrogen (secondary N) is 1. The molecule has 0 aliphatic rings. The van der Waals surface area contributed by atoms with Gasteiger partial charge in [-0.25, -0.2) is 0 Å². The molecule has 0 saturated heterocycles. The van der Waals surface area contributed by atoms with E-state index in [1.807, 2.05) is 61.5 Å². The van der Waals surface area contributed by atoms with Crippen LogP contribution in [0.4, 0.5) is 0 Å². The highest BCUT2D eigenvalue weighted by molar-refractivity contribution is 5.81. The summed E-state index contributed by atoms with van der Waals surface area (Å²) in [5, 5.41) is 2.92. The van der Waals surface area contributed by atoms with Crippen LogP contribution < -0.4 is 11.1 Å². The Morgan fingerprint density at radius 1 is 1.09 bits per heavy atom. The Bertz CT molecular complexity index is 614. The first kappa shape index (κ1) is 17.2. The van der Waals surface area contributed by atoms with E-state index in [1.165, 1.54) is 0 Å². The number of amides is 1. The molecule has 0 radical (unpaired) electrons. The average Bonchev–Trinajstić information content (AvgIpc) is 2.59. The lowest BCUT2D eigenvalue weighted by Gasteiger charge is -2.14. The Hall–Kier alpha value is -2.17. The van der Waals surface area contributed by atoms with Gasteiger partial charge in [-0.15, -0.1) is 0 Å². The molecule has 0 saturated carbocycles. The third kappa shape index (κ3) is 5.51. The van der Waals surface area contributed by atoms with Crippen molar-refractivity contribution in [2.45, 2.75) is 32.5 Å². The molecule has 0 spiro atoms. The third-order valence-corrected chi connectivity index (χ3v) is 3.67. The molecule has 0 fully saturated rings. The summed E-state index contributed by atoms with van der Waals surface area (Å²) in [5.41, 5.74) is 9.20. The Balaban J connectivity index is 1.89. The second-order valence-corrected chi connectivity index (χ2v) is 5.42. The molecule has 2 rings (SSSR count). The van der Waals surface area contributed by atoms with Crippen molar-refractivity contribution in [3.05, 3.63) is 71.3 Å². The highest BCUT2D eigenvalue weighted by atomic mass is 16.5. The molecule has 1 atom stereocenters. The van der Waals surface area contributed by atoms with E-state index in [1.54, 1.807) is 0 Å². The van der Waals surface area contributed by atoms with Crippen molar-refractivity contribution in [1.29, 1.82) is 0 Å². The molecule has 1 unspecified atom stereocenters. The van der Waals surface area contributed by atoms with Crippen LogP contribution in [-0.2, 0) is 29.1 Å². The van der Waals surface area contributed by atoms with Crippen LogP contribution in [0.3, 0.4) is 0 Å². The topological polar surface area (TPSA) is 64.3 Å². The first-order valence-corrected chi connectivity index (χ1v) is 7.92. The van der Waals surface area contributed by atoms with E-state index in [9.17, 15) is 4.79 Å². The SMILES string of the molecule is CCOCc1ccccc1CNC(=O)C(N)Cc1ccccc1. The maximum Gasteiger partial charge on any atom is 0.237 e. The van der Waals surface area contributed by atoms with Crippen LogP contribution in [0.5, 0.6) is 0 Å². The van der Waals surface area contributed by atoms with Crippen molar-refractivity contribution in [3.8, 4) is 0 Å². The van der Waals surface area contributed by atoms with E-state index < -0.39 is 6.04 Å². The van der Waals surface area contributed by atoms with Gasteiger partial charge in [0.2, 0.25) is 5.91 Å². The molecule has 1 amide bonds. The number of carbonyl (C=O) groups excluding carboxylic acids is 1. The first-order valence-electron chi connectivity index (χ1n) is 7.92. The van der Waals surface area contributed by atoms with Gasteiger partial charge >= 0.3 is 0 Å². The zero-order valence-corrected chi connectivity index (χ0v) is 13.5. The second kappa shape index (κ2) is 9.08. The minimum Gasteiger partial charge on any atom is -0.377 e. The molecule has 4 nitrogen and oxygen atoms in total. The predicted molar refractivity (Wildman–Crippen MR) is 91.7 cm³/mol. The Labute approximate surface area is 137 Å². The number of rotatable bonds is 8. The largest absolute Gasteiger partial charge is 0.377 e. The fourth-order valence-electron chi connectivity index (χ4n) is 2.36. The highest BCUT2D eigenvalue weighted by Gasteiger charge is 2.14. The molecule has 0 aliphatic carbocycles. The van der Waals surface area contributed by atoms with Crippen molar-refractivity contribution in [2.75, 3.05) is 6.61 Å². The molecule has 2 aromatic carbocycles. The van der Waals surface area contributed by atoms with Crippen molar-refractivity contribution in [2.24, 2.45) is 5.73 Å². The fourth-order valence-corrected chi connectivity index (χ4v) is 2.36. The zero-order valence-electron chi connectivity index (χ0n) is 13.5. The summed E-state index contributed by atoms with van der Waals surface area (Å²) in [5.74, 6) is -0.139. The maximum atomic E-state index is 12.2. The van der Waals surface area contributed by atoms with Gasteiger partial charge in [0.15, 0.2) is 0 Å². The van der Waals surface area contributed by atoms with E-state index in [-0.39, 0.29) is 5.91 Å². The van der Waals surface area contributed by atoms with Crippen LogP contribution in [0.1, 0.15) is 23.6 Å². The number of ether oxygens (including phenoxy) is 1. The van der Waals surface area contributed by atoms with Gasteiger partial charge in [-0.1, -0.05) is 54.6 Å². The van der Waals surface area contributed by atoms with Crippen LogP contribution in [0.25, 0.3) is 0 Å². The van der Waals surface area contributed by atoms with Crippen LogP contribution in [-0.4, -0.2) is 18.6 Å². The van der Waals surface area contributed by atoms with Crippen molar-refractivity contribution in [3.63, 3.8) is 0 Å². The zero-order chi connectivity index (χ0) is 16.5. The molecular weight excluding hydrogens is 288 g/mol. The summed E-state index contributed by atoms with van der Waals surface area (Å²) in [7, 11) is 0. The number of carbonyl (C=O) groups is 1. The van der Waals surface area contributed by atoms with Crippen LogP contribution in [0.15, 0.2) is 54.6 Å². The summed E-state index contributed by atoms with van der Waals surface area (Å²) in [6.07, 6.45) is 0.535. The van der Waals surface area contributed by atoms with Gasteiger partial charge in [0.1, 0.15) is 0 Å². The van der Waals surface area contributed by atoms with E-state index in [0.29, 0.717) is 26.2 Å². The number of nitrogens with two attached hydrogens (primary N) is 1. The van der Waals surface area contributed by atoms with E-state index in [0.717, 1.165) is 16.7 Å². The minimum atomic E-state index is -0.545. The lowest BCUT2D eigenvalue weighted by molar-refractivity contribution is -0.122. The standard InChI is InChI=1S/C19H24N2O2/c1-2-23-14-17-11-7-6-10-16(17)13-21-19(22)18(20)12-15-8-4-3-5-9-15/h3-11,18H,2,12-14,20H2,1H3,(H,21,22). The Morgan fingerprint density at radius 3 is 2.43 bits per heavy atom. The summed E-state index contributed by atoms with van der Waals surface area (Å²) >= 11 is 0. The van der Waals surface area contributed by atoms with Crippen molar-refractivity contribution >= 4 is 5.91 Å².